The first-order chi connectivity index (χ1) is 13.0. The second-order valence-corrected chi connectivity index (χ2v) is 7.88. The first-order valence-electron chi connectivity index (χ1n) is 9.25. The van der Waals surface area contributed by atoms with Gasteiger partial charge in [0.1, 0.15) is 11.3 Å². The van der Waals surface area contributed by atoms with E-state index in [-0.39, 0.29) is 17.6 Å². The second kappa shape index (κ2) is 7.31. The second-order valence-electron chi connectivity index (χ2n) is 7.45. The van der Waals surface area contributed by atoms with Crippen LogP contribution < -0.4 is 5.32 Å². The minimum absolute atomic E-state index is 0.195. The van der Waals surface area contributed by atoms with Gasteiger partial charge in [-0.05, 0) is 48.9 Å². The zero-order valence-electron chi connectivity index (χ0n) is 15.4. The van der Waals surface area contributed by atoms with Gasteiger partial charge in [0, 0.05) is 17.4 Å². The fourth-order valence-corrected chi connectivity index (χ4v) is 3.98. The summed E-state index contributed by atoms with van der Waals surface area (Å²) in [4.78, 5) is 17.5. The third-order valence-electron chi connectivity index (χ3n) is 5.45. The maximum absolute atomic E-state index is 12.8. The van der Waals surface area contributed by atoms with Gasteiger partial charge in [0.25, 0.3) is 5.91 Å². The van der Waals surface area contributed by atoms with E-state index in [2.05, 4.69) is 27.2 Å². The highest BCUT2D eigenvalue weighted by Crippen LogP contribution is 2.37. The number of imidazole rings is 1. The van der Waals surface area contributed by atoms with Crippen molar-refractivity contribution in [2.45, 2.75) is 45.6 Å². The lowest BCUT2D eigenvalue weighted by atomic mass is 9.78. The minimum atomic E-state index is -0.285. The van der Waals surface area contributed by atoms with Crippen molar-refractivity contribution in [1.82, 2.24) is 25.0 Å². The molecule has 1 fully saturated rings. The first-order valence-corrected chi connectivity index (χ1v) is 9.63. The Morgan fingerprint density at radius 1 is 1.33 bits per heavy atom. The summed E-state index contributed by atoms with van der Waals surface area (Å²) in [6.07, 6.45) is 8.25. The van der Waals surface area contributed by atoms with Crippen LogP contribution in [0.15, 0.2) is 29.2 Å². The standard InChI is InChI=1S/C19H22ClN5O2/c1-11-3-5-13(6-4-11)18(22-19(26)17-12(2)23-27-24-17)15-10-25-8-7-14(20)9-16(25)21-15/h7-11,13,18H,3-6H2,1-2H3,(H,22,26). The van der Waals surface area contributed by atoms with Gasteiger partial charge >= 0.3 is 0 Å². The average molecular weight is 388 g/mol. The van der Waals surface area contributed by atoms with Crippen molar-refractivity contribution in [2.75, 3.05) is 0 Å². The minimum Gasteiger partial charge on any atom is -0.342 e. The van der Waals surface area contributed by atoms with Crippen LogP contribution in [0.25, 0.3) is 5.65 Å². The molecule has 27 heavy (non-hydrogen) atoms. The lowest BCUT2D eigenvalue weighted by Crippen LogP contribution is -2.35. The fraction of sp³-hybridized carbons (Fsp3) is 0.474. The lowest BCUT2D eigenvalue weighted by Gasteiger charge is -2.32. The van der Waals surface area contributed by atoms with Crippen molar-refractivity contribution < 1.29 is 9.42 Å². The van der Waals surface area contributed by atoms with Crippen molar-refractivity contribution in [3.05, 3.63) is 46.6 Å². The Labute approximate surface area is 162 Å². The Hall–Kier alpha value is -2.41. The van der Waals surface area contributed by atoms with Gasteiger partial charge in [-0.2, -0.15) is 0 Å². The predicted molar refractivity (Wildman–Crippen MR) is 101 cm³/mol. The number of carbonyl (C=O) groups is 1. The molecule has 4 rings (SSSR count). The van der Waals surface area contributed by atoms with Crippen molar-refractivity contribution in [1.29, 1.82) is 0 Å². The summed E-state index contributed by atoms with van der Waals surface area (Å²) in [7, 11) is 0. The summed E-state index contributed by atoms with van der Waals surface area (Å²) >= 11 is 6.09. The Kier molecular flexibility index (Phi) is 4.86. The van der Waals surface area contributed by atoms with Gasteiger partial charge in [-0.3, -0.25) is 4.79 Å². The number of hydrogen-bond donors (Lipinski definition) is 1. The summed E-state index contributed by atoms with van der Waals surface area (Å²) in [6, 6.07) is 3.44. The molecule has 1 aliphatic carbocycles. The number of pyridine rings is 1. The van der Waals surface area contributed by atoms with Crippen molar-refractivity contribution in [2.24, 2.45) is 11.8 Å². The number of fused-ring (bicyclic) bond motifs is 1. The van der Waals surface area contributed by atoms with Gasteiger partial charge < -0.3 is 9.72 Å². The highest BCUT2D eigenvalue weighted by molar-refractivity contribution is 6.30. The molecule has 0 bridgehead atoms. The molecule has 0 spiro atoms. The number of amides is 1. The van der Waals surface area contributed by atoms with Gasteiger partial charge in [0.2, 0.25) is 0 Å². The fourth-order valence-electron chi connectivity index (χ4n) is 3.83. The SMILES string of the molecule is Cc1nonc1C(=O)NC(c1cn2ccc(Cl)cc2n1)C1CCC(C)CC1. The van der Waals surface area contributed by atoms with E-state index in [0.29, 0.717) is 16.6 Å². The van der Waals surface area contributed by atoms with Crippen LogP contribution in [-0.4, -0.2) is 25.6 Å². The number of hydrogen-bond acceptors (Lipinski definition) is 5. The number of rotatable bonds is 4. The van der Waals surface area contributed by atoms with E-state index in [0.717, 1.165) is 42.9 Å². The molecule has 0 aromatic carbocycles. The maximum atomic E-state index is 12.8. The van der Waals surface area contributed by atoms with E-state index in [4.69, 9.17) is 16.6 Å². The molecule has 1 atom stereocenters. The van der Waals surface area contributed by atoms with Crippen LogP contribution in [0.3, 0.4) is 0 Å². The summed E-state index contributed by atoms with van der Waals surface area (Å²) in [5.41, 5.74) is 2.29. The van der Waals surface area contributed by atoms with Crippen LogP contribution in [-0.2, 0) is 0 Å². The summed E-state index contributed by atoms with van der Waals surface area (Å²) in [5, 5.41) is 11.2. The number of nitrogens with zero attached hydrogens (tertiary/aromatic N) is 4. The summed E-state index contributed by atoms with van der Waals surface area (Å²) < 4.78 is 6.60. The first kappa shape index (κ1) is 18.0. The molecular formula is C19H22ClN5O2. The monoisotopic (exact) mass is 387 g/mol. The van der Waals surface area contributed by atoms with E-state index in [1.54, 1.807) is 6.92 Å². The highest BCUT2D eigenvalue weighted by Gasteiger charge is 2.31. The molecule has 0 saturated heterocycles. The quantitative estimate of drug-likeness (QED) is 0.731. The van der Waals surface area contributed by atoms with E-state index in [1.807, 2.05) is 28.9 Å². The topological polar surface area (TPSA) is 85.3 Å². The molecule has 142 valence electrons. The van der Waals surface area contributed by atoms with Crippen LogP contribution in [0.4, 0.5) is 0 Å². The molecule has 1 aliphatic rings. The third kappa shape index (κ3) is 3.69. The molecule has 1 unspecified atom stereocenters. The van der Waals surface area contributed by atoms with Crippen LogP contribution in [0.5, 0.6) is 0 Å². The van der Waals surface area contributed by atoms with Crippen molar-refractivity contribution >= 4 is 23.2 Å². The number of nitrogens with one attached hydrogen (secondary N) is 1. The molecule has 0 aliphatic heterocycles. The molecule has 3 aromatic rings. The van der Waals surface area contributed by atoms with E-state index < -0.39 is 0 Å². The van der Waals surface area contributed by atoms with Crippen LogP contribution >= 0.6 is 11.6 Å². The van der Waals surface area contributed by atoms with Gasteiger partial charge in [-0.1, -0.05) is 36.5 Å². The number of aromatic nitrogens is 4. The van der Waals surface area contributed by atoms with Gasteiger partial charge in [0.05, 0.1) is 11.7 Å². The Balaban J connectivity index is 1.66. The highest BCUT2D eigenvalue weighted by atomic mass is 35.5. The third-order valence-corrected chi connectivity index (χ3v) is 5.68. The Bertz CT molecular complexity index is 958. The van der Waals surface area contributed by atoms with E-state index in [1.165, 1.54) is 0 Å². The molecule has 0 radical (unpaired) electrons. The average Bonchev–Trinajstić information content (AvgIpc) is 3.26. The van der Waals surface area contributed by atoms with Crippen LogP contribution in [0.1, 0.15) is 60.5 Å². The molecular weight excluding hydrogens is 366 g/mol. The largest absolute Gasteiger partial charge is 0.342 e. The lowest BCUT2D eigenvalue weighted by molar-refractivity contribution is 0.0896. The van der Waals surface area contributed by atoms with E-state index >= 15 is 0 Å². The molecule has 8 heteroatoms. The zero-order chi connectivity index (χ0) is 19.0. The number of aryl methyl sites for hydroxylation is 1. The Morgan fingerprint density at radius 3 is 2.81 bits per heavy atom. The smallest absolute Gasteiger partial charge is 0.276 e. The van der Waals surface area contributed by atoms with Gasteiger partial charge in [-0.15, -0.1) is 0 Å². The van der Waals surface area contributed by atoms with Gasteiger partial charge in [-0.25, -0.2) is 9.61 Å². The van der Waals surface area contributed by atoms with Crippen molar-refractivity contribution in [3.63, 3.8) is 0 Å². The molecule has 7 nitrogen and oxygen atoms in total. The molecule has 3 heterocycles. The van der Waals surface area contributed by atoms with Gasteiger partial charge in [0.15, 0.2) is 5.69 Å². The summed E-state index contributed by atoms with van der Waals surface area (Å²) in [5.74, 6) is 0.762. The molecule has 1 saturated carbocycles. The van der Waals surface area contributed by atoms with E-state index in [9.17, 15) is 4.79 Å². The summed E-state index contributed by atoms with van der Waals surface area (Å²) in [6.45, 7) is 3.98. The van der Waals surface area contributed by atoms with Crippen molar-refractivity contribution in [3.8, 4) is 0 Å². The Morgan fingerprint density at radius 2 is 2.11 bits per heavy atom. The van der Waals surface area contributed by atoms with Crippen LogP contribution in [0.2, 0.25) is 5.02 Å². The predicted octanol–water partition coefficient (Wildman–Crippen LogP) is 3.98. The molecule has 1 amide bonds. The molecule has 3 aromatic heterocycles. The number of halogens is 1. The zero-order valence-corrected chi connectivity index (χ0v) is 16.1. The maximum Gasteiger partial charge on any atom is 0.276 e. The molecule has 1 N–H and O–H groups in total. The normalized spacial score (nSPS) is 21.3. The number of carbonyl (C=O) groups excluding carboxylic acids is 1. The van der Waals surface area contributed by atoms with Crippen LogP contribution in [0, 0.1) is 18.8 Å².